The first kappa shape index (κ1) is 12.9. The summed E-state index contributed by atoms with van der Waals surface area (Å²) in [6.45, 7) is 0. The predicted octanol–water partition coefficient (Wildman–Crippen LogP) is 2.16. The van der Waals surface area contributed by atoms with Crippen LogP contribution < -0.4 is 10.3 Å². The summed E-state index contributed by atoms with van der Waals surface area (Å²) in [6.07, 6.45) is 4.31. The third-order valence-electron chi connectivity index (χ3n) is 2.70. The van der Waals surface area contributed by atoms with Gasteiger partial charge in [0.1, 0.15) is 0 Å². The van der Waals surface area contributed by atoms with E-state index < -0.39 is 5.82 Å². The molecule has 21 heavy (non-hydrogen) atoms. The zero-order valence-corrected chi connectivity index (χ0v) is 10.7. The van der Waals surface area contributed by atoms with E-state index in [9.17, 15) is 9.18 Å². The number of benzene rings is 1. The molecular weight excluding hydrogens is 275 g/mol. The summed E-state index contributed by atoms with van der Waals surface area (Å²) in [5.41, 5.74) is 0.561. The van der Waals surface area contributed by atoms with Gasteiger partial charge in [-0.15, -0.1) is 0 Å². The molecule has 0 unspecified atom stereocenters. The van der Waals surface area contributed by atoms with Crippen LogP contribution in [0.2, 0.25) is 0 Å². The number of hydrogen-bond donors (Lipinski definition) is 1. The first-order chi connectivity index (χ1) is 10.2. The van der Waals surface area contributed by atoms with E-state index in [0.717, 1.165) is 0 Å². The number of aromatic nitrogens is 4. The van der Waals surface area contributed by atoms with E-state index in [-0.39, 0.29) is 17.3 Å². The Bertz CT molecular complexity index is 817. The molecule has 0 amide bonds. The molecule has 0 radical (unpaired) electrons. The average Bonchev–Trinajstić information content (AvgIpc) is 2.51. The fourth-order valence-electron chi connectivity index (χ4n) is 1.70. The Labute approximate surface area is 118 Å². The molecule has 0 saturated heterocycles. The van der Waals surface area contributed by atoms with E-state index in [1.54, 1.807) is 18.2 Å². The van der Waals surface area contributed by atoms with E-state index in [2.05, 4.69) is 20.2 Å². The summed E-state index contributed by atoms with van der Waals surface area (Å²) in [7, 11) is 0. The fraction of sp³-hybridized carbons (Fsp3) is 0. The van der Waals surface area contributed by atoms with Crippen LogP contribution in [0.25, 0.3) is 11.1 Å². The normalized spacial score (nSPS) is 10.3. The van der Waals surface area contributed by atoms with Gasteiger partial charge in [0, 0.05) is 24.2 Å². The van der Waals surface area contributed by atoms with Crippen LogP contribution in [0.3, 0.4) is 0 Å². The maximum absolute atomic E-state index is 13.4. The molecule has 3 aromatic rings. The third-order valence-corrected chi connectivity index (χ3v) is 2.70. The number of aromatic amines is 1. The molecule has 2 heterocycles. The predicted molar refractivity (Wildman–Crippen MR) is 72.4 cm³/mol. The maximum Gasteiger partial charge on any atom is 0.321 e. The topological polar surface area (TPSA) is 80.8 Å². The Morgan fingerprint density at radius 3 is 2.57 bits per heavy atom. The molecule has 0 aliphatic carbocycles. The minimum atomic E-state index is -0.504. The van der Waals surface area contributed by atoms with Gasteiger partial charge in [-0.2, -0.15) is 5.10 Å². The SMILES string of the molecule is O=c1[nH]nccc1-c1cnc(Oc2ccccc2F)nc1. The van der Waals surface area contributed by atoms with Gasteiger partial charge in [-0.05, 0) is 18.2 Å². The largest absolute Gasteiger partial charge is 0.421 e. The number of H-pyrrole nitrogens is 1. The molecule has 1 N–H and O–H groups in total. The smallest absolute Gasteiger partial charge is 0.321 e. The van der Waals surface area contributed by atoms with E-state index in [1.165, 1.54) is 30.7 Å². The molecule has 1 aromatic carbocycles. The van der Waals surface area contributed by atoms with Gasteiger partial charge in [0.2, 0.25) is 0 Å². The number of nitrogens with zero attached hydrogens (tertiary/aromatic N) is 3. The van der Waals surface area contributed by atoms with Crippen LogP contribution in [0.4, 0.5) is 4.39 Å². The molecule has 0 spiro atoms. The molecule has 0 aliphatic heterocycles. The highest BCUT2D eigenvalue weighted by Gasteiger charge is 2.08. The number of hydrogen-bond acceptors (Lipinski definition) is 5. The lowest BCUT2D eigenvalue weighted by atomic mass is 10.2. The van der Waals surface area contributed by atoms with E-state index in [0.29, 0.717) is 11.1 Å². The monoisotopic (exact) mass is 284 g/mol. The van der Waals surface area contributed by atoms with Crippen molar-refractivity contribution in [2.75, 3.05) is 0 Å². The summed E-state index contributed by atoms with van der Waals surface area (Å²) in [5.74, 6) is -0.470. The highest BCUT2D eigenvalue weighted by molar-refractivity contribution is 5.59. The number of nitrogens with one attached hydrogen (secondary N) is 1. The highest BCUT2D eigenvalue weighted by Crippen LogP contribution is 2.21. The lowest BCUT2D eigenvalue weighted by Gasteiger charge is -2.05. The fourth-order valence-corrected chi connectivity index (χ4v) is 1.70. The summed E-state index contributed by atoms with van der Waals surface area (Å²) in [4.78, 5) is 19.5. The van der Waals surface area contributed by atoms with E-state index in [1.807, 2.05) is 0 Å². The Balaban J connectivity index is 1.87. The Morgan fingerprint density at radius 2 is 1.86 bits per heavy atom. The lowest BCUT2D eigenvalue weighted by molar-refractivity contribution is 0.411. The molecule has 2 aromatic heterocycles. The van der Waals surface area contributed by atoms with Crippen LogP contribution in [0, 0.1) is 5.82 Å². The third kappa shape index (κ3) is 2.76. The number of rotatable bonds is 3. The van der Waals surface area contributed by atoms with Gasteiger partial charge in [-0.3, -0.25) is 4.79 Å². The van der Waals surface area contributed by atoms with Gasteiger partial charge < -0.3 is 4.74 Å². The minimum absolute atomic E-state index is 0.00525. The zero-order chi connectivity index (χ0) is 14.7. The molecule has 0 atom stereocenters. The summed E-state index contributed by atoms with van der Waals surface area (Å²) in [5, 5.41) is 5.93. The molecule has 0 fully saturated rings. The first-order valence-corrected chi connectivity index (χ1v) is 6.02. The van der Waals surface area contributed by atoms with Gasteiger partial charge in [-0.1, -0.05) is 12.1 Å². The molecule has 0 aliphatic rings. The van der Waals surface area contributed by atoms with Crippen molar-refractivity contribution in [1.82, 2.24) is 20.2 Å². The highest BCUT2D eigenvalue weighted by atomic mass is 19.1. The molecule has 3 rings (SSSR count). The van der Waals surface area contributed by atoms with Crippen LogP contribution in [0.15, 0.2) is 53.7 Å². The Morgan fingerprint density at radius 1 is 1.10 bits per heavy atom. The number of ether oxygens (including phenoxy) is 1. The molecule has 0 saturated carbocycles. The Kier molecular flexibility index (Phi) is 3.38. The first-order valence-electron chi connectivity index (χ1n) is 6.02. The summed E-state index contributed by atoms with van der Waals surface area (Å²) >= 11 is 0. The molecular formula is C14H9FN4O2. The van der Waals surface area contributed by atoms with Crippen molar-refractivity contribution in [3.05, 3.63) is 65.1 Å². The number of halogens is 1. The second-order valence-corrected chi connectivity index (χ2v) is 4.09. The second kappa shape index (κ2) is 5.49. The van der Waals surface area contributed by atoms with Gasteiger partial charge in [0.15, 0.2) is 11.6 Å². The van der Waals surface area contributed by atoms with E-state index >= 15 is 0 Å². The Hall–Kier alpha value is -3.09. The average molecular weight is 284 g/mol. The van der Waals surface area contributed by atoms with Crippen molar-refractivity contribution in [3.8, 4) is 22.9 Å². The van der Waals surface area contributed by atoms with Gasteiger partial charge in [0.25, 0.3) is 5.56 Å². The minimum Gasteiger partial charge on any atom is -0.421 e. The van der Waals surface area contributed by atoms with Crippen molar-refractivity contribution in [3.63, 3.8) is 0 Å². The van der Waals surface area contributed by atoms with Crippen molar-refractivity contribution in [2.45, 2.75) is 0 Å². The van der Waals surface area contributed by atoms with Crippen molar-refractivity contribution < 1.29 is 9.13 Å². The molecule has 6 nitrogen and oxygen atoms in total. The van der Waals surface area contributed by atoms with Crippen LogP contribution in [0.1, 0.15) is 0 Å². The summed E-state index contributed by atoms with van der Waals surface area (Å²) < 4.78 is 18.7. The molecule has 7 heteroatoms. The van der Waals surface area contributed by atoms with Crippen LogP contribution >= 0.6 is 0 Å². The number of para-hydroxylation sites is 1. The van der Waals surface area contributed by atoms with Gasteiger partial charge in [0.05, 0.1) is 5.56 Å². The maximum atomic E-state index is 13.4. The van der Waals surface area contributed by atoms with Crippen LogP contribution in [0.5, 0.6) is 11.8 Å². The lowest BCUT2D eigenvalue weighted by Crippen LogP contribution is -2.09. The summed E-state index contributed by atoms with van der Waals surface area (Å²) in [6, 6.07) is 7.50. The molecule has 104 valence electrons. The van der Waals surface area contributed by atoms with Crippen molar-refractivity contribution in [1.29, 1.82) is 0 Å². The van der Waals surface area contributed by atoms with Crippen molar-refractivity contribution >= 4 is 0 Å². The van der Waals surface area contributed by atoms with Gasteiger partial charge >= 0.3 is 6.01 Å². The van der Waals surface area contributed by atoms with Gasteiger partial charge in [-0.25, -0.2) is 19.5 Å². The molecule has 0 bridgehead atoms. The standard InChI is InChI=1S/C14H9FN4O2/c15-11-3-1-2-4-12(11)21-14-16-7-9(8-17-14)10-5-6-18-19-13(10)20/h1-8H,(H,19,20). The van der Waals surface area contributed by atoms with Crippen molar-refractivity contribution in [2.24, 2.45) is 0 Å². The van der Waals surface area contributed by atoms with E-state index in [4.69, 9.17) is 4.74 Å². The van der Waals surface area contributed by atoms with Crippen LogP contribution in [-0.4, -0.2) is 20.2 Å². The zero-order valence-electron chi connectivity index (χ0n) is 10.7. The quantitative estimate of drug-likeness (QED) is 0.797. The second-order valence-electron chi connectivity index (χ2n) is 4.09. The van der Waals surface area contributed by atoms with Crippen LogP contribution in [-0.2, 0) is 0 Å².